The fraction of sp³-hybridized carbons (Fsp3) is 0.208. The third-order valence-corrected chi connectivity index (χ3v) is 6.90. The Kier molecular flexibility index (Phi) is 5.46. The minimum Gasteiger partial charge on any atom is -0.493 e. The number of nitrogens with zero attached hydrogens (tertiary/aromatic N) is 2. The highest BCUT2D eigenvalue weighted by Crippen LogP contribution is 2.44. The highest BCUT2D eigenvalue weighted by molar-refractivity contribution is 9.10. The fourth-order valence-electron chi connectivity index (χ4n) is 4.04. The molecule has 5 rings (SSSR count). The van der Waals surface area contributed by atoms with Crippen LogP contribution in [0.5, 0.6) is 11.5 Å². The van der Waals surface area contributed by atoms with Crippen LogP contribution in [-0.2, 0) is 0 Å². The van der Waals surface area contributed by atoms with Gasteiger partial charge in [0.05, 0.1) is 36.4 Å². The quantitative estimate of drug-likeness (QED) is 0.342. The lowest BCUT2D eigenvalue weighted by molar-refractivity contribution is 0.0971. The van der Waals surface area contributed by atoms with Gasteiger partial charge in [0, 0.05) is 9.85 Å². The molecule has 1 aliphatic rings. The van der Waals surface area contributed by atoms with E-state index in [4.69, 9.17) is 13.9 Å². The van der Waals surface area contributed by atoms with Gasteiger partial charge in [-0.05, 0) is 49.7 Å². The van der Waals surface area contributed by atoms with Crippen molar-refractivity contribution in [3.05, 3.63) is 79.1 Å². The van der Waals surface area contributed by atoms with E-state index in [1.165, 1.54) is 16.2 Å². The summed E-state index contributed by atoms with van der Waals surface area (Å²) >= 11 is 4.76. The predicted octanol–water partition coefficient (Wildman–Crippen LogP) is 5.48. The summed E-state index contributed by atoms with van der Waals surface area (Å²) in [6.45, 7) is 4.23. The standard InChI is InChI=1S/C24H19BrN2O5S/c1-4-31-17-7-5-13(9-18(17)30-3)20-19-21(28)15-10-14(25)6-8-16(15)32-22(19)23(29)27(20)24-26-12(2)11-33-24/h5-11,20H,4H2,1-3H3/t20-/m1/s1. The van der Waals surface area contributed by atoms with Gasteiger partial charge in [-0.2, -0.15) is 0 Å². The van der Waals surface area contributed by atoms with Crippen LogP contribution in [0.2, 0.25) is 0 Å². The number of methoxy groups -OCH3 is 1. The van der Waals surface area contributed by atoms with Crippen molar-refractivity contribution in [2.45, 2.75) is 19.9 Å². The third-order valence-electron chi connectivity index (χ3n) is 5.45. The number of ether oxygens (including phenoxy) is 2. The van der Waals surface area contributed by atoms with Crippen LogP contribution < -0.4 is 19.8 Å². The van der Waals surface area contributed by atoms with E-state index in [2.05, 4.69) is 20.9 Å². The molecule has 0 saturated carbocycles. The maximum absolute atomic E-state index is 13.7. The summed E-state index contributed by atoms with van der Waals surface area (Å²) in [5, 5.41) is 2.76. The average molecular weight is 527 g/mol. The number of anilines is 1. The molecule has 0 unspecified atom stereocenters. The van der Waals surface area contributed by atoms with Crippen LogP contribution in [0.3, 0.4) is 0 Å². The lowest BCUT2D eigenvalue weighted by atomic mass is 9.98. The number of carbonyl (C=O) groups is 1. The molecule has 0 radical (unpaired) electrons. The van der Waals surface area contributed by atoms with E-state index in [1.807, 2.05) is 25.3 Å². The molecule has 0 spiro atoms. The van der Waals surface area contributed by atoms with Crippen LogP contribution >= 0.6 is 27.3 Å². The van der Waals surface area contributed by atoms with E-state index >= 15 is 0 Å². The van der Waals surface area contributed by atoms with Gasteiger partial charge in [-0.3, -0.25) is 14.5 Å². The van der Waals surface area contributed by atoms with Crippen LogP contribution in [0, 0.1) is 6.92 Å². The van der Waals surface area contributed by atoms with E-state index in [1.54, 1.807) is 37.4 Å². The third kappa shape index (κ3) is 3.52. The predicted molar refractivity (Wildman–Crippen MR) is 130 cm³/mol. The molecular formula is C24H19BrN2O5S. The Morgan fingerprint density at radius 1 is 1.18 bits per heavy atom. The number of halogens is 1. The largest absolute Gasteiger partial charge is 0.493 e. The highest BCUT2D eigenvalue weighted by atomic mass is 79.9. The topological polar surface area (TPSA) is 81.9 Å². The molecule has 2 aromatic heterocycles. The number of thiazole rings is 1. The Bertz CT molecular complexity index is 1460. The maximum atomic E-state index is 13.7. The molecule has 168 valence electrons. The zero-order chi connectivity index (χ0) is 23.3. The molecule has 33 heavy (non-hydrogen) atoms. The molecule has 0 fully saturated rings. The van der Waals surface area contributed by atoms with Crippen molar-refractivity contribution in [1.29, 1.82) is 0 Å². The average Bonchev–Trinajstić information content (AvgIpc) is 3.36. The maximum Gasteiger partial charge on any atom is 0.297 e. The number of hydrogen-bond acceptors (Lipinski definition) is 7. The van der Waals surface area contributed by atoms with Crippen molar-refractivity contribution in [3.63, 3.8) is 0 Å². The second-order valence-electron chi connectivity index (χ2n) is 7.51. The molecule has 2 aromatic carbocycles. The molecule has 9 heteroatoms. The van der Waals surface area contributed by atoms with Crippen LogP contribution in [0.15, 0.2) is 55.5 Å². The number of amides is 1. The summed E-state index contributed by atoms with van der Waals surface area (Å²) in [6.07, 6.45) is 0. The SMILES string of the molecule is CCOc1ccc([C@@H]2c3c(oc4ccc(Br)cc4c3=O)C(=O)N2c2nc(C)cs2)cc1OC. The first-order valence-electron chi connectivity index (χ1n) is 10.3. The summed E-state index contributed by atoms with van der Waals surface area (Å²) in [5.74, 6) is 0.720. The fourth-order valence-corrected chi connectivity index (χ4v) is 5.23. The second kappa shape index (κ2) is 8.31. The lowest BCUT2D eigenvalue weighted by Crippen LogP contribution is -2.29. The Labute approximate surface area is 201 Å². The summed E-state index contributed by atoms with van der Waals surface area (Å²) in [6, 6.07) is 9.84. The number of benzene rings is 2. The van der Waals surface area contributed by atoms with Gasteiger partial charge in [-0.15, -0.1) is 11.3 Å². The monoisotopic (exact) mass is 526 g/mol. The number of hydrogen-bond donors (Lipinski definition) is 0. The Morgan fingerprint density at radius 2 is 2.00 bits per heavy atom. The molecule has 0 bridgehead atoms. The second-order valence-corrected chi connectivity index (χ2v) is 9.26. The van der Waals surface area contributed by atoms with Crippen LogP contribution in [0.25, 0.3) is 11.0 Å². The van der Waals surface area contributed by atoms with E-state index in [0.717, 1.165) is 10.2 Å². The van der Waals surface area contributed by atoms with E-state index in [9.17, 15) is 9.59 Å². The Morgan fingerprint density at radius 3 is 2.70 bits per heavy atom. The zero-order valence-electron chi connectivity index (χ0n) is 18.0. The van der Waals surface area contributed by atoms with Crippen molar-refractivity contribution < 1.29 is 18.7 Å². The highest BCUT2D eigenvalue weighted by Gasteiger charge is 2.45. The van der Waals surface area contributed by atoms with Gasteiger partial charge in [0.15, 0.2) is 22.1 Å². The Balaban J connectivity index is 1.79. The number of aryl methyl sites for hydroxylation is 1. The van der Waals surface area contributed by atoms with Crippen molar-refractivity contribution in [2.75, 3.05) is 18.6 Å². The summed E-state index contributed by atoms with van der Waals surface area (Å²) in [7, 11) is 1.55. The number of rotatable bonds is 5. The Hall–Kier alpha value is -3.17. The zero-order valence-corrected chi connectivity index (χ0v) is 20.5. The molecular weight excluding hydrogens is 508 g/mol. The minimum absolute atomic E-state index is 0.0283. The van der Waals surface area contributed by atoms with Crippen molar-refractivity contribution in [2.24, 2.45) is 0 Å². The minimum atomic E-state index is -0.720. The number of aromatic nitrogens is 1. The van der Waals surface area contributed by atoms with Crippen LogP contribution in [0.1, 0.15) is 40.3 Å². The first kappa shape index (κ1) is 21.7. The molecule has 1 aliphatic heterocycles. The smallest absolute Gasteiger partial charge is 0.297 e. The number of fused-ring (bicyclic) bond motifs is 2. The van der Waals surface area contributed by atoms with Crippen LogP contribution in [-0.4, -0.2) is 24.6 Å². The van der Waals surface area contributed by atoms with E-state index in [-0.39, 0.29) is 16.8 Å². The lowest BCUT2D eigenvalue weighted by Gasteiger charge is -2.23. The van der Waals surface area contributed by atoms with Gasteiger partial charge in [0.25, 0.3) is 5.91 Å². The molecule has 1 atom stereocenters. The molecule has 4 aromatic rings. The van der Waals surface area contributed by atoms with Gasteiger partial charge in [0.2, 0.25) is 5.76 Å². The van der Waals surface area contributed by atoms with Gasteiger partial charge >= 0.3 is 0 Å². The van der Waals surface area contributed by atoms with Gasteiger partial charge in [-0.1, -0.05) is 22.0 Å². The summed E-state index contributed by atoms with van der Waals surface area (Å²) in [4.78, 5) is 33.3. The molecule has 0 saturated heterocycles. The normalized spacial score (nSPS) is 15.2. The number of carbonyl (C=O) groups excluding carboxylic acids is 1. The molecule has 7 nitrogen and oxygen atoms in total. The first-order chi connectivity index (χ1) is 15.9. The van der Waals surface area contributed by atoms with Crippen molar-refractivity contribution in [3.8, 4) is 11.5 Å². The van der Waals surface area contributed by atoms with Gasteiger partial charge in [-0.25, -0.2) is 4.98 Å². The van der Waals surface area contributed by atoms with E-state index < -0.39 is 11.9 Å². The van der Waals surface area contributed by atoms with Gasteiger partial charge in [0.1, 0.15) is 5.58 Å². The van der Waals surface area contributed by atoms with Crippen molar-refractivity contribution >= 4 is 49.3 Å². The van der Waals surface area contributed by atoms with Crippen molar-refractivity contribution in [1.82, 2.24) is 4.98 Å². The van der Waals surface area contributed by atoms with Gasteiger partial charge < -0.3 is 13.9 Å². The molecule has 1 amide bonds. The molecule has 0 aliphatic carbocycles. The molecule has 0 N–H and O–H groups in total. The van der Waals surface area contributed by atoms with Crippen LogP contribution in [0.4, 0.5) is 5.13 Å². The summed E-state index contributed by atoms with van der Waals surface area (Å²) in [5.41, 5.74) is 1.86. The first-order valence-corrected chi connectivity index (χ1v) is 11.9. The molecule has 3 heterocycles. The summed E-state index contributed by atoms with van der Waals surface area (Å²) < 4.78 is 17.9. The van der Waals surface area contributed by atoms with E-state index in [0.29, 0.717) is 39.8 Å².